The number of para-hydroxylation sites is 2. The largest absolute Gasteiger partial charge is 0.496 e. The van der Waals surface area contributed by atoms with Crippen LogP contribution in [0.3, 0.4) is 0 Å². The van der Waals surface area contributed by atoms with Crippen molar-refractivity contribution in [1.29, 1.82) is 0 Å². The van der Waals surface area contributed by atoms with Crippen LogP contribution in [0.1, 0.15) is 18.5 Å². The molecular weight excluding hydrogens is 414 g/mol. The lowest BCUT2D eigenvalue weighted by Crippen LogP contribution is -2.28. The number of hydrogen-bond acceptors (Lipinski definition) is 6. The minimum atomic E-state index is -0.294. The summed E-state index contributed by atoms with van der Waals surface area (Å²) in [4.78, 5) is 32.2. The van der Waals surface area contributed by atoms with Crippen molar-refractivity contribution in [3.63, 3.8) is 0 Å². The number of aromatic amines is 1. The number of hydrogen-bond donors (Lipinski definition) is 2. The van der Waals surface area contributed by atoms with Crippen LogP contribution < -0.4 is 15.6 Å². The fraction of sp³-hybridized carbons (Fsp3) is 0.182. The molecule has 9 heteroatoms. The number of rotatable bonds is 7. The fourth-order valence-corrected chi connectivity index (χ4v) is 3.91. The Morgan fingerprint density at radius 1 is 1.19 bits per heavy atom. The zero-order valence-electron chi connectivity index (χ0n) is 17.0. The molecule has 1 unspecified atom stereocenters. The second-order valence-corrected chi connectivity index (χ2v) is 7.78. The van der Waals surface area contributed by atoms with E-state index in [-0.39, 0.29) is 23.3 Å². The van der Waals surface area contributed by atoms with Crippen LogP contribution in [-0.4, -0.2) is 38.5 Å². The summed E-state index contributed by atoms with van der Waals surface area (Å²) < 4.78 is 6.97. The van der Waals surface area contributed by atoms with Gasteiger partial charge in [-0.3, -0.25) is 9.59 Å². The average Bonchev–Trinajstić information content (AvgIpc) is 3.23. The molecule has 2 aromatic heterocycles. The Morgan fingerprint density at radius 2 is 1.94 bits per heavy atom. The molecule has 4 aromatic rings. The van der Waals surface area contributed by atoms with Gasteiger partial charge in [-0.15, -0.1) is 0 Å². The maximum absolute atomic E-state index is 12.5. The van der Waals surface area contributed by atoms with E-state index in [0.717, 1.165) is 23.0 Å². The quantitative estimate of drug-likeness (QED) is 0.342. The van der Waals surface area contributed by atoms with E-state index in [9.17, 15) is 9.59 Å². The number of methoxy groups -OCH3 is 1. The molecule has 31 heavy (non-hydrogen) atoms. The van der Waals surface area contributed by atoms with E-state index in [1.54, 1.807) is 11.8 Å². The molecule has 2 heterocycles. The summed E-state index contributed by atoms with van der Waals surface area (Å²) >= 11 is 1.16. The summed E-state index contributed by atoms with van der Waals surface area (Å²) in [5, 5.41) is 7.98. The number of nitrogens with one attached hydrogen (secondary N) is 2. The molecule has 0 aliphatic rings. The Hall–Kier alpha value is -3.59. The lowest BCUT2D eigenvalue weighted by atomic mass is 10.1. The summed E-state index contributed by atoms with van der Waals surface area (Å²) in [6.07, 6.45) is 1.49. The van der Waals surface area contributed by atoms with Gasteiger partial charge in [-0.1, -0.05) is 48.2 Å². The molecule has 2 N–H and O–H groups in total. The molecule has 158 valence electrons. The summed E-state index contributed by atoms with van der Waals surface area (Å²) in [5.74, 6) is 0.643. The van der Waals surface area contributed by atoms with Crippen molar-refractivity contribution < 1.29 is 9.53 Å². The standard InChI is InChI=1S/C22H21N5O3S/c1-14(16-10-6-7-11-18(16)30-2)24-19(28)13-31-22-25-20-17(21(29)26-22)12-23-27(20)15-8-4-3-5-9-15/h3-12,14H,13H2,1-2H3,(H,24,28)(H,25,26,29). The van der Waals surface area contributed by atoms with Crippen molar-refractivity contribution in [2.75, 3.05) is 12.9 Å². The smallest absolute Gasteiger partial charge is 0.262 e. The molecular formula is C22H21N5O3S. The molecule has 0 radical (unpaired) electrons. The van der Waals surface area contributed by atoms with Crippen molar-refractivity contribution in [2.24, 2.45) is 0 Å². The van der Waals surface area contributed by atoms with Gasteiger partial charge in [-0.25, -0.2) is 9.67 Å². The second-order valence-electron chi connectivity index (χ2n) is 6.82. The van der Waals surface area contributed by atoms with Crippen LogP contribution in [0.25, 0.3) is 16.7 Å². The summed E-state index contributed by atoms with van der Waals surface area (Å²) in [5.41, 5.74) is 1.84. The number of amides is 1. The van der Waals surface area contributed by atoms with Gasteiger partial charge in [0, 0.05) is 5.56 Å². The van der Waals surface area contributed by atoms with E-state index in [1.165, 1.54) is 6.20 Å². The van der Waals surface area contributed by atoms with Crippen LogP contribution in [-0.2, 0) is 4.79 Å². The van der Waals surface area contributed by atoms with Gasteiger partial charge in [0.05, 0.1) is 30.8 Å². The number of aromatic nitrogens is 4. The Balaban J connectivity index is 1.49. The zero-order chi connectivity index (χ0) is 21.8. The first-order chi connectivity index (χ1) is 15.1. The summed E-state index contributed by atoms with van der Waals surface area (Å²) in [6, 6.07) is 16.8. The van der Waals surface area contributed by atoms with E-state index >= 15 is 0 Å². The number of thioether (sulfide) groups is 1. The minimum Gasteiger partial charge on any atom is -0.496 e. The number of nitrogens with zero attached hydrogens (tertiary/aromatic N) is 3. The molecule has 0 spiro atoms. The number of carbonyl (C=O) groups is 1. The molecule has 8 nitrogen and oxygen atoms in total. The lowest BCUT2D eigenvalue weighted by molar-refractivity contribution is -0.119. The lowest BCUT2D eigenvalue weighted by Gasteiger charge is -2.17. The normalized spacial score (nSPS) is 11.9. The Bertz CT molecular complexity index is 1270. The Labute approximate surface area is 182 Å². The Morgan fingerprint density at radius 3 is 2.71 bits per heavy atom. The van der Waals surface area contributed by atoms with Gasteiger partial charge in [0.15, 0.2) is 10.8 Å². The van der Waals surface area contributed by atoms with E-state index in [1.807, 2.05) is 61.5 Å². The molecule has 1 atom stereocenters. The van der Waals surface area contributed by atoms with Gasteiger partial charge in [0.1, 0.15) is 11.1 Å². The molecule has 1 amide bonds. The highest BCUT2D eigenvalue weighted by Crippen LogP contribution is 2.24. The van der Waals surface area contributed by atoms with Crippen molar-refractivity contribution in [1.82, 2.24) is 25.1 Å². The summed E-state index contributed by atoms with van der Waals surface area (Å²) in [7, 11) is 1.60. The summed E-state index contributed by atoms with van der Waals surface area (Å²) in [6.45, 7) is 1.89. The van der Waals surface area contributed by atoms with E-state index in [2.05, 4.69) is 20.4 Å². The predicted molar refractivity (Wildman–Crippen MR) is 120 cm³/mol. The third kappa shape index (κ3) is 4.46. The number of fused-ring (bicyclic) bond motifs is 1. The van der Waals surface area contributed by atoms with Crippen LogP contribution in [0.5, 0.6) is 5.75 Å². The van der Waals surface area contributed by atoms with Crippen molar-refractivity contribution >= 4 is 28.7 Å². The van der Waals surface area contributed by atoms with Crippen LogP contribution in [0.2, 0.25) is 0 Å². The number of H-pyrrole nitrogens is 1. The highest BCUT2D eigenvalue weighted by molar-refractivity contribution is 7.99. The van der Waals surface area contributed by atoms with Gasteiger partial charge in [0.25, 0.3) is 5.56 Å². The Kier molecular flexibility index (Phi) is 6.03. The monoisotopic (exact) mass is 435 g/mol. The highest BCUT2D eigenvalue weighted by atomic mass is 32.2. The molecule has 0 aliphatic heterocycles. The van der Waals surface area contributed by atoms with E-state index < -0.39 is 0 Å². The van der Waals surface area contributed by atoms with Gasteiger partial charge >= 0.3 is 0 Å². The second kappa shape index (κ2) is 9.05. The number of benzene rings is 2. The molecule has 0 saturated carbocycles. The van der Waals surface area contributed by atoms with Crippen LogP contribution >= 0.6 is 11.8 Å². The maximum Gasteiger partial charge on any atom is 0.262 e. The van der Waals surface area contributed by atoms with E-state index in [0.29, 0.717) is 21.9 Å². The third-order valence-corrected chi connectivity index (χ3v) is 5.61. The SMILES string of the molecule is COc1ccccc1C(C)NC(=O)CSc1nc2c(cnn2-c2ccccc2)c(=O)[nH]1. The molecule has 0 saturated heterocycles. The third-order valence-electron chi connectivity index (χ3n) is 4.74. The molecule has 0 bridgehead atoms. The number of carbonyl (C=O) groups excluding carboxylic acids is 1. The van der Waals surface area contributed by atoms with Crippen molar-refractivity contribution in [2.45, 2.75) is 18.1 Å². The fourth-order valence-electron chi connectivity index (χ4n) is 3.24. The van der Waals surface area contributed by atoms with Crippen LogP contribution in [0.4, 0.5) is 0 Å². The topological polar surface area (TPSA) is 102 Å². The van der Waals surface area contributed by atoms with E-state index in [4.69, 9.17) is 4.74 Å². The van der Waals surface area contributed by atoms with Gasteiger partial charge in [-0.2, -0.15) is 5.10 Å². The maximum atomic E-state index is 12.5. The van der Waals surface area contributed by atoms with Gasteiger partial charge in [-0.05, 0) is 25.1 Å². The number of ether oxygens (including phenoxy) is 1. The predicted octanol–water partition coefficient (Wildman–Crippen LogP) is 3.09. The first kappa shape index (κ1) is 20.7. The van der Waals surface area contributed by atoms with Gasteiger partial charge in [0.2, 0.25) is 5.91 Å². The first-order valence-electron chi connectivity index (χ1n) is 9.65. The van der Waals surface area contributed by atoms with Crippen LogP contribution in [0, 0.1) is 0 Å². The van der Waals surface area contributed by atoms with Crippen LogP contribution in [0.15, 0.2) is 70.7 Å². The zero-order valence-corrected chi connectivity index (χ0v) is 17.8. The van der Waals surface area contributed by atoms with Crippen molar-refractivity contribution in [3.8, 4) is 11.4 Å². The molecule has 2 aromatic carbocycles. The molecule has 0 aliphatic carbocycles. The minimum absolute atomic E-state index is 0.105. The molecule has 4 rings (SSSR count). The molecule has 0 fully saturated rings. The van der Waals surface area contributed by atoms with Gasteiger partial charge < -0.3 is 15.0 Å². The highest BCUT2D eigenvalue weighted by Gasteiger charge is 2.16. The van der Waals surface area contributed by atoms with Crippen molar-refractivity contribution in [3.05, 3.63) is 76.7 Å². The first-order valence-corrected chi connectivity index (χ1v) is 10.6. The average molecular weight is 436 g/mol.